The Balaban J connectivity index is 2.35. The van der Waals surface area contributed by atoms with E-state index in [0.29, 0.717) is 6.04 Å². The van der Waals surface area contributed by atoms with E-state index in [1.54, 1.807) is 0 Å². The van der Waals surface area contributed by atoms with Gasteiger partial charge in [-0.25, -0.2) is 0 Å². The minimum Gasteiger partial charge on any atom is -0.315 e. The quantitative estimate of drug-likeness (QED) is 0.596. The minimum absolute atomic E-state index is 0.622. The molecule has 0 bridgehead atoms. The lowest BCUT2D eigenvalue weighted by Crippen LogP contribution is -2.41. The lowest BCUT2D eigenvalue weighted by atomic mass is 10.0. The fraction of sp³-hybridized carbons (Fsp3) is 1.00. The van der Waals surface area contributed by atoms with E-state index in [1.807, 2.05) is 0 Å². The Kier molecular flexibility index (Phi) is 8.79. The fourth-order valence-corrected chi connectivity index (χ4v) is 3.36. The van der Waals surface area contributed by atoms with Crippen LogP contribution in [0.2, 0.25) is 0 Å². The van der Waals surface area contributed by atoms with E-state index < -0.39 is 0 Å². The highest BCUT2D eigenvalue weighted by Crippen LogP contribution is 2.27. The maximum Gasteiger partial charge on any atom is 0.00980 e. The second kappa shape index (κ2) is 9.78. The molecular formula is C18H38N2. The molecule has 20 heavy (non-hydrogen) atoms. The highest BCUT2D eigenvalue weighted by molar-refractivity contribution is 4.81. The second-order valence-corrected chi connectivity index (χ2v) is 7.46. The van der Waals surface area contributed by atoms with Gasteiger partial charge in [0, 0.05) is 18.1 Å². The molecule has 0 spiro atoms. The van der Waals surface area contributed by atoms with Crippen molar-refractivity contribution in [2.75, 3.05) is 13.1 Å². The van der Waals surface area contributed by atoms with Crippen LogP contribution in [0.1, 0.15) is 79.6 Å². The molecular weight excluding hydrogens is 244 g/mol. The molecule has 0 aliphatic heterocycles. The molecule has 1 unspecified atom stereocenters. The summed E-state index contributed by atoms with van der Waals surface area (Å²) in [4.78, 5) is 2.84. The maximum atomic E-state index is 3.54. The molecule has 0 aromatic rings. The largest absolute Gasteiger partial charge is 0.315 e. The third-order valence-electron chi connectivity index (χ3n) is 4.68. The molecule has 0 radical (unpaired) electrons. The van der Waals surface area contributed by atoms with Crippen molar-refractivity contribution >= 4 is 0 Å². The van der Waals surface area contributed by atoms with Gasteiger partial charge in [0.25, 0.3) is 0 Å². The van der Waals surface area contributed by atoms with Gasteiger partial charge >= 0.3 is 0 Å². The molecule has 0 aromatic carbocycles. The summed E-state index contributed by atoms with van der Waals surface area (Å²) in [5.41, 5.74) is 0. The van der Waals surface area contributed by atoms with Crippen molar-refractivity contribution in [2.24, 2.45) is 5.92 Å². The van der Waals surface area contributed by atoms with Gasteiger partial charge in [0.2, 0.25) is 0 Å². The Bertz CT molecular complexity index is 232. The predicted molar refractivity (Wildman–Crippen MR) is 90.3 cm³/mol. The molecule has 1 N–H and O–H groups in total. The number of nitrogens with one attached hydrogen (secondary N) is 1. The van der Waals surface area contributed by atoms with Crippen LogP contribution in [-0.2, 0) is 0 Å². The van der Waals surface area contributed by atoms with Gasteiger partial charge in [0.05, 0.1) is 0 Å². The molecule has 2 nitrogen and oxygen atoms in total. The average molecular weight is 283 g/mol. The zero-order valence-electron chi connectivity index (χ0n) is 14.6. The van der Waals surface area contributed by atoms with E-state index in [-0.39, 0.29) is 0 Å². The first kappa shape index (κ1) is 18.0. The van der Waals surface area contributed by atoms with Crippen LogP contribution >= 0.6 is 0 Å². The van der Waals surface area contributed by atoms with Crippen molar-refractivity contribution in [3.63, 3.8) is 0 Å². The molecule has 0 amide bonds. The van der Waals surface area contributed by atoms with Crippen LogP contribution < -0.4 is 5.32 Å². The Hall–Kier alpha value is -0.0800. The number of rotatable bonds is 10. The van der Waals surface area contributed by atoms with E-state index in [4.69, 9.17) is 0 Å². The zero-order chi connectivity index (χ0) is 15.0. The van der Waals surface area contributed by atoms with Gasteiger partial charge in [-0.3, -0.25) is 4.90 Å². The first-order valence-electron chi connectivity index (χ1n) is 8.99. The zero-order valence-corrected chi connectivity index (χ0v) is 14.6. The van der Waals surface area contributed by atoms with Crippen molar-refractivity contribution < 1.29 is 0 Å². The van der Waals surface area contributed by atoms with Gasteiger partial charge in [0.15, 0.2) is 0 Å². The van der Waals surface area contributed by atoms with E-state index in [2.05, 4.69) is 44.8 Å². The van der Waals surface area contributed by atoms with E-state index in [9.17, 15) is 0 Å². The Morgan fingerprint density at radius 3 is 2.20 bits per heavy atom. The Labute approximate surface area is 127 Å². The lowest BCUT2D eigenvalue weighted by molar-refractivity contribution is 0.129. The third-order valence-corrected chi connectivity index (χ3v) is 4.68. The number of hydrogen-bond donors (Lipinski definition) is 1. The van der Waals surface area contributed by atoms with Crippen molar-refractivity contribution in [1.82, 2.24) is 10.2 Å². The maximum absolute atomic E-state index is 3.54. The minimum atomic E-state index is 0.622. The highest BCUT2D eigenvalue weighted by Gasteiger charge is 2.25. The van der Waals surface area contributed by atoms with Crippen molar-refractivity contribution in [3.8, 4) is 0 Å². The molecule has 1 aliphatic rings. The van der Waals surface area contributed by atoms with Crippen molar-refractivity contribution in [2.45, 2.75) is 97.7 Å². The van der Waals surface area contributed by atoms with Crippen molar-refractivity contribution in [1.29, 1.82) is 0 Å². The standard InChI is InChI=1S/C18H38N2/c1-15(2)12-14-20(18-10-6-7-11-18)17(5)9-8-13-19-16(3)4/h15-19H,6-14H2,1-5H3. The van der Waals surface area contributed by atoms with Crippen LogP contribution in [0.5, 0.6) is 0 Å². The fourth-order valence-electron chi connectivity index (χ4n) is 3.36. The first-order valence-corrected chi connectivity index (χ1v) is 8.99. The second-order valence-electron chi connectivity index (χ2n) is 7.46. The summed E-state index contributed by atoms with van der Waals surface area (Å²) in [7, 11) is 0. The third kappa shape index (κ3) is 7.08. The normalized spacial score (nSPS) is 18.6. The van der Waals surface area contributed by atoms with Gasteiger partial charge in [0.1, 0.15) is 0 Å². The van der Waals surface area contributed by atoms with Crippen LogP contribution in [0, 0.1) is 5.92 Å². The Morgan fingerprint density at radius 1 is 1.00 bits per heavy atom. The molecule has 120 valence electrons. The average Bonchev–Trinajstić information content (AvgIpc) is 2.88. The van der Waals surface area contributed by atoms with Crippen LogP contribution in [0.3, 0.4) is 0 Å². The van der Waals surface area contributed by atoms with E-state index in [0.717, 1.165) is 18.0 Å². The number of nitrogens with zero attached hydrogens (tertiary/aromatic N) is 1. The summed E-state index contributed by atoms with van der Waals surface area (Å²) >= 11 is 0. The summed E-state index contributed by atoms with van der Waals surface area (Å²) in [5, 5.41) is 3.54. The summed E-state index contributed by atoms with van der Waals surface area (Å²) in [6.45, 7) is 14.1. The van der Waals surface area contributed by atoms with Crippen LogP contribution in [0.15, 0.2) is 0 Å². The predicted octanol–water partition coefficient (Wildman–Crippen LogP) is 4.44. The van der Waals surface area contributed by atoms with Gasteiger partial charge in [-0.15, -0.1) is 0 Å². The molecule has 1 fully saturated rings. The lowest BCUT2D eigenvalue weighted by Gasteiger charge is -2.35. The van der Waals surface area contributed by atoms with Gasteiger partial charge < -0.3 is 5.32 Å². The van der Waals surface area contributed by atoms with Gasteiger partial charge in [-0.1, -0.05) is 40.5 Å². The molecule has 0 aromatic heterocycles. The first-order chi connectivity index (χ1) is 9.50. The van der Waals surface area contributed by atoms with Crippen molar-refractivity contribution in [3.05, 3.63) is 0 Å². The van der Waals surface area contributed by atoms with E-state index >= 15 is 0 Å². The molecule has 1 rings (SSSR count). The number of hydrogen-bond acceptors (Lipinski definition) is 2. The summed E-state index contributed by atoms with van der Waals surface area (Å²) in [6.07, 6.45) is 9.78. The monoisotopic (exact) mass is 282 g/mol. The molecule has 2 heteroatoms. The highest BCUT2D eigenvalue weighted by atomic mass is 15.2. The molecule has 1 atom stereocenters. The molecule has 0 heterocycles. The molecule has 1 aliphatic carbocycles. The smallest absolute Gasteiger partial charge is 0.00980 e. The van der Waals surface area contributed by atoms with Crippen LogP contribution in [0.25, 0.3) is 0 Å². The summed E-state index contributed by atoms with van der Waals surface area (Å²) in [5.74, 6) is 0.828. The van der Waals surface area contributed by atoms with Gasteiger partial charge in [-0.05, 0) is 58.0 Å². The van der Waals surface area contributed by atoms with Crippen LogP contribution in [-0.4, -0.2) is 36.1 Å². The summed E-state index contributed by atoms with van der Waals surface area (Å²) < 4.78 is 0. The SMILES string of the molecule is CC(C)CCN(C(C)CCCNC(C)C)C1CCCC1. The van der Waals surface area contributed by atoms with Crippen LogP contribution in [0.4, 0.5) is 0 Å². The van der Waals surface area contributed by atoms with Gasteiger partial charge in [-0.2, -0.15) is 0 Å². The summed E-state index contributed by atoms with van der Waals surface area (Å²) in [6, 6.07) is 2.25. The Morgan fingerprint density at radius 2 is 1.65 bits per heavy atom. The topological polar surface area (TPSA) is 15.3 Å². The molecule has 0 saturated heterocycles. The van der Waals surface area contributed by atoms with E-state index in [1.165, 1.54) is 58.0 Å². The molecule has 1 saturated carbocycles.